The van der Waals surface area contributed by atoms with E-state index in [9.17, 15) is 0 Å². The molecule has 0 bridgehead atoms. The summed E-state index contributed by atoms with van der Waals surface area (Å²) in [6, 6.07) is 0. The van der Waals surface area contributed by atoms with Crippen molar-refractivity contribution in [3.63, 3.8) is 0 Å². The van der Waals surface area contributed by atoms with Crippen LogP contribution in [0.25, 0.3) is 0 Å². The van der Waals surface area contributed by atoms with Crippen molar-refractivity contribution in [2.45, 2.75) is 53.4 Å². The number of rotatable bonds is 6. The van der Waals surface area contributed by atoms with Gasteiger partial charge in [0, 0.05) is 5.70 Å². The fourth-order valence-corrected chi connectivity index (χ4v) is 1.58. The van der Waals surface area contributed by atoms with Gasteiger partial charge in [-0.15, -0.1) is 0 Å². The minimum atomic E-state index is 0.794. The highest BCUT2D eigenvalue weighted by Gasteiger charge is 2.04. The summed E-state index contributed by atoms with van der Waals surface area (Å²) >= 11 is 0. The van der Waals surface area contributed by atoms with Gasteiger partial charge in [0.25, 0.3) is 0 Å². The van der Waals surface area contributed by atoms with Crippen LogP contribution in [0.15, 0.2) is 22.4 Å². The standard InChI is InChI=1S/C13H26N2/c1-10(2)12(13(15)11(3)4)8-6-5-7-9-14/h5-9,14-15H2,1-4H3. The van der Waals surface area contributed by atoms with Crippen LogP contribution < -0.4 is 11.5 Å². The maximum absolute atomic E-state index is 6.07. The lowest BCUT2D eigenvalue weighted by Crippen LogP contribution is -2.06. The van der Waals surface area contributed by atoms with Gasteiger partial charge in [0.05, 0.1) is 0 Å². The first kappa shape index (κ1) is 14.2. The molecule has 0 unspecified atom stereocenters. The molecule has 2 heteroatoms. The molecule has 0 aliphatic carbocycles. The quantitative estimate of drug-likeness (QED) is 0.523. The Kier molecular flexibility index (Phi) is 7.14. The first-order valence-corrected chi connectivity index (χ1v) is 5.80. The summed E-state index contributed by atoms with van der Waals surface area (Å²) in [4.78, 5) is 0. The van der Waals surface area contributed by atoms with Crippen molar-refractivity contribution in [2.24, 2.45) is 11.5 Å². The van der Waals surface area contributed by atoms with Crippen LogP contribution in [-0.2, 0) is 0 Å². The molecule has 0 fully saturated rings. The van der Waals surface area contributed by atoms with Crippen molar-refractivity contribution in [1.29, 1.82) is 0 Å². The van der Waals surface area contributed by atoms with Gasteiger partial charge in [-0.05, 0) is 59.1 Å². The zero-order valence-corrected chi connectivity index (χ0v) is 10.7. The fraction of sp³-hybridized carbons (Fsp3) is 0.692. The number of allylic oxidation sites excluding steroid dienone is 3. The third-order valence-corrected chi connectivity index (χ3v) is 2.60. The SMILES string of the molecule is CC(C)=C(N)C(CCCCCN)=C(C)C. The first-order valence-electron chi connectivity index (χ1n) is 5.80. The zero-order chi connectivity index (χ0) is 11.8. The first-order chi connectivity index (χ1) is 7.00. The third kappa shape index (κ3) is 5.63. The summed E-state index contributed by atoms with van der Waals surface area (Å²) in [6.07, 6.45) is 4.58. The average Bonchev–Trinajstić information content (AvgIpc) is 2.16. The summed E-state index contributed by atoms with van der Waals surface area (Å²) in [7, 11) is 0. The van der Waals surface area contributed by atoms with E-state index < -0.39 is 0 Å². The van der Waals surface area contributed by atoms with Crippen LogP contribution in [0.1, 0.15) is 53.4 Å². The van der Waals surface area contributed by atoms with Crippen LogP contribution in [-0.4, -0.2) is 6.54 Å². The number of hydrogen-bond donors (Lipinski definition) is 2. The second kappa shape index (κ2) is 7.52. The monoisotopic (exact) mass is 210 g/mol. The van der Waals surface area contributed by atoms with E-state index in [4.69, 9.17) is 11.5 Å². The molecule has 0 spiro atoms. The second-order valence-corrected chi connectivity index (χ2v) is 4.49. The van der Waals surface area contributed by atoms with E-state index in [2.05, 4.69) is 27.7 Å². The van der Waals surface area contributed by atoms with E-state index in [0.717, 1.165) is 25.1 Å². The van der Waals surface area contributed by atoms with Crippen LogP contribution in [0, 0.1) is 0 Å². The summed E-state index contributed by atoms with van der Waals surface area (Å²) in [5, 5.41) is 0. The molecule has 88 valence electrons. The highest BCUT2D eigenvalue weighted by atomic mass is 14.6. The number of unbranched alkanes of at least 4 members (excludes halogenated alkanes) is 2. The molecule has 0 saturated carbocycles. The van der Waals surface area contributed by atoms with Gasteiger partial charge in [-0.1, -0.05) is 17.6 Å². The summed E-state index contributed by atoms with van der Waals surface area (Å²) in [5.41, 5.74) is 16.4. The van der Waals surface area contributed by atoms with Gasteiger partial charge < -0.3 is 11.5 Å². The van der Waals surface area contributed by atoms with E-state index in [1.807, 2.05) is 0 Å². The van der Waals surface area contributed by atoms with Crippen molar-refractivity contribution in [3.05, 3.63) is 22.4 Å². The molecular formula is C13H26N2. The number of hydrogen-bond acceptors (Lipinski definition) is 2. The summed E-state index contributed by atoms with van der Waals surface area (Å²) < 4.78 is 0. The van der Waals surface area contributed by atoms with Gasteiger partial charge in [0.1, 0.15) is 0 Å². The van der Waals surface area contributed by atoms with E-state index >= 15 is 0 Å². The highest BCUT2D eigenvalue weighted by Crippen LogP contribution is 2.20. The van der Waals surface area contributed by atoms with Gasteiger partial charge in [0.2, 0.25) is 0 Å². The lowest BCUT2D eigenvalue weighted by molar-refractivity contribution is 0.682. The van der Waals surface area contributed by atoms with Crippen LogP contribution in [0.2, 0.25) is 0 Å². The minimum absolute atomic E-state index is 0.794. The third-order valence-electron chi connectivity index (χ3n) is 2.60. The molecule has 0 radical (unpaired) electrons. The van der Waals surface area contributed by atoms with Crippen molar-refractivity contribution < 1.29 is 0 Å². The summed E-state index contributed by atoms with van der Waals surface area (Å²) in [5.74, 6) is 0. The Hall–Kier alpha value is -0.760. The maximum Gasteiger partial charge on any atom is 0.0332 e. The Balaban J connectivity index is 4.34. The van der Waals surface area contributed by atoms with E-state index in [1.165, 1.54) is 29.6 Å². The Labute approximate surface area is 94.4 Å². The molecule has 0 aromatic heterocycles. The Bertz CT molecular complexity index is 241. The van der Waals surface area contributed by atoms with E-state index in [0.29, 0.717) is 0 Å². The van der Waals surface area contributed by atoms with Gasteiger partial charge in [-0.2, -0.15) is 0 Å². The van der Waals surface area contributed by atoms with Crippen molar-refractivity contribution >= 4 is 0 Å². The smallest absolute Gasteiger partial charge is 0.0332 e. The number of nitrogens with two attached hydrogens (primary N) is 2. The zero-order valence-electron chi connectivity index (χ0n) is 10.7. The molecule has 0 aliphatic heterocycles. The van der Waals surface area contributed by atoms with Crippen molar-refractivity contribution in [3.8, 4) is 0 Å². The molecule has 0 aromatic rings. The Morgan fingerprint density at radius 1 is 0.867 bits per heavy atom. The normalized spacial score (nSPS) is 9.93. The predicted molar refractivity (Wildman–Crippen MR) is 68.5 cm³/mol. The lowest BCUT2D eigenvalue weighted by atomic mass is 9.98. The molecule has 0 rings (SSSR count). The van der Waals surface area contributed by atoms with E-state index in [-0.39, 0.29) is 0 Å². The predicted octanol–water partition coefficient (Wildman–Crippen LogP) is 3.09. The average molecular weight is 210 g/mol. The molecule has 0 amide bonds. The van der Waals surface area contributed by atoms with Crippen LogP contribution >= 0.6 is 0 Å². The molecule has 0 aromatic carbocycles. The molecule has 0 atom stereocenters. The molecule has 0 heterocycles. The van der Waals surface area contributed by atoms with Gasteiger partial charge in [0.15, 0.2) is 0 Å². The Morgan fingerprint density at radius 3 is 1.87 bits per heavy atom. The topological polar surface area (TPSA) is 52.0 Å². The van der Waals surface area contributed by atoms with Gasteiger partial charge >= 0.3 is 0 Å². The van der Waals surface area contributed by atoms with Crippen molar-refractivity contribution in [1.82, 2.24) is 0 Å². The second-order valence-electron chi connectivity index (χ2n) is 4.49. The minimum Gasteiger partial charge on any atom is -0.399 e. The molecule has 2 nitrogen and oxygen atoms in total. The molecule has 0 saturated heterocycles. The molecule has 0 aliphatic rings. The Morgan fingerprint density at radius 2 is 1.47 bits per heavy atom. The van der Waals surface area contributed by atoms with Crippen LogP contribution in [0.4, 0.5) is 0 Å². The molecule has 15 heavy (non-hydrogen) atoms. The summed E-state index contributed by atoms with van der Waals surface area (Å²) in [6.45, 7) is 9.20. The largest absolute Gasteiger partial charge is 0.399 e. The molecule has 4 N–H and O–H groups in total. The lowest BCUT2D eigenvalue weighted by Gasteiger charge is -2.12. The van der Waals surface area contributed by atoms with Crippen molar-refractivity contribution in [2.75, 3.05) is 6.54 Å². The maximum atomic E-state index is 6.07. The van der Waals surface area contributed by atoms with E-state index in [1.54, 1.807) is 0 Å². The van der Waals surface area contributed by atoms with Crippen LogP contribution in [0.5, 0.6) is 0 Å². The van der Waals surface area contributed by atoms with Gasteiger partial charge in [-0.25, -0.2) is 0 Å². The fourth-order valence-electron chi connectivity index (χ4n) is 1.58. The highest BCUT2D eigenvalue weighted by molar-refractivity contribution is 5.34. The van der Waals surface area contributed by atoms with Gasteiger partial charge in [-0.3, -0.25) is 0 Å². The molecular weight excluding hydrogens is 184 g/mol. The van der Waals surface area contributed by atoms with Crippen LogP contribution in [0.3, 0.4) is 0 Å².